The second kappa shape index (κ2) is 7.31. The molecule has 0 spiro atoms. The molecule has 1 aromatic heterocycles. The first-order valence-corrected chi connectivity index (χ1v) is 8.71. The van der Waals surface area contributed by atoms with E-state index in [9.17, 15) is 31.1 Å². The number of aromatic nitrogens is 1. The van der Waals surface area contributed by atoms with E-state index >= 15 is 0 Å². The number of halogens is 6. The number of hydrogen-bond acceptors (Lipinski definition) is 3. The summed E-state index contributed by atoms with van der Waals surface area (Å²) in [6.07, 6.45) is -10.7. The Morgan fingerprint density at radius 2 is 1.93 bits per heavy atom. The highest BCUT2D eigenvalue weighted by molar-refractivity contribution is 5.86. The van der Waals surface area contributed by atoms with Crippen molar-refractivity contribution >= 4 is 16.6 Å². The third-order valence-corrected chi connectivity index (χ3v) is 4.78. The van der Waals surface area contributed by atoms with E-state index < -0.39 is 35.6 Å². The van der Waals surface area contributed by atoms with Crippen LogP contribution < -0.4 is 10.5 Å². The van der Waals surface area contributed by atoms with Crippen LogP contribution in [0.15, 0.2) is 29.1 Å². The van der Waals surface area contributed by atoms with E-state index in [1.807, 2.05) is 0 Å². The Balaban J connectivity index is 2.07. The lowest BCUT2D eigenvalue weighted by atomic mass is 10.0. The fraction of sp³-hybridized carbons (Fsp3) is 0.500. The third kappa shape index (κ3) is 3.96. The Hall–Kier alpha value is -2.23. The van der Waals surface area contributed by atoms with Crippen molar-refractivity contribution in [3.8, 4) is 0 Å². The van der Waals surface area contributed by atoms with Crippen molar-refractivity contribution in [3.05, 3.63) is 40.2 Å². The summed E-state index contributed by atoms with van der Waals surface area (Å²) in [4.78, 5) is 15.3. The van der Waals surface area contributed by atoms with Crippen LogP contribution in [0.25, 0.3) is 10.9 Å². The van der Waals surface area contributed by atoms with Gasteiger partial charge in [-0.1, -0.05) is 0 Å². The molecule has 0 aliphatic carbocycles. The van der Waals surface area contributed by atoms with Gasteiger partial charge in [0.1, 0.15) is 0 Å². The van der Waals surface area contributed by atoms with E-state index in [1.54, 1.807) is 0 Å². The third-order valence-electron chi connectivity index (χ3n) is 4.78. The van der Waals surface area contributed by atoms with Gasteiger partial charge in [0.15, 0.2) is 6.10 Å². The lowest BCUT2D eigenvalue weighted by Gasteiger charge is -2.34. The van der Waals surface area contributed by atoms with Gasteiger partial charge in [0.05, 0.1) is 11.6 Å². The summed E-state index contributed by atoms with van der Waals surface area (Å²) in [7, 11) is 0. The van der Waals surface area contributed by atoms with Crippen molar-refractivity contribution in [1.29, 1.82) is 0 Å². The van der Waals surface area contributed by atoms with Gasteiger partial charge in [0.25, 0.3) is 0 Å². The molecule has 1 N–H and O–H groups in total. The predicted molar refractivity (Wildman–Crippen MR) is 91.4 cm³/mol. The highest BCUT2D eigenvalue weighted by atomic mass is 19.4. The number of nitrogens with one attached hydrogen (secondary N) is 1. The molecule has 0 saturated carbocycles. The first-order chi connectivity index (χ1) is 13.0. The Morgan fingerprint density at radius 3 is 2.54 bits per heavy atom. The Morgan fingerprint density at radius 1 is 1.21 bits per heavy atom. The number of alkyl halides is 6. The summed E-state index contributed by atoms with van der Waals surface area (Å²) in [6.45, 7) is 1.59. The molecule has 3 rings (SSSR count). The summed E-state index contributed by atoms with van der Waals surface area (Å²) >= 11 is 0. The van der Waals surface area contributed by atoms with Crippen LogP contribution in [0.5, 0.6) is 0 Å². The average molecular weight is 408 g/mol. The molecule has 28 heavy (non-hydrogen) atoms. The first-order valence-electron chi connectivity index (χ1n) is 8.71. The van der Waals surface area contributed by atoms with Crippen molar-refractivity contribution in [3.63, 3.8) is 0 Å². The van der Waals surface area contributed by atoms with Crippen LogP contribution in [0.4, 0.5) is 32.0 Å². The smallest absolute Gasteiger partial charge is 0.367 e. The van der Waals surface area contributed by atoms with Crippen molar-refractivity contribution in [2.45, 2.75) is 44.3 Å². The molecule has 2 heterocycles. The molecule has 2 atom stereocenters. The van der Waals surface area contributed by atoms with E-state index in [1.165, 1.54) is 30.0 Å². The van der Waals surface area contributed by atoms with Crippen LogP contribution in [0.3, 0.4) is 0 Å². The summed E-state index contributed by atoms with van der Waals surface area (Å²) in [5.74, 6) is 0. The fourth-order valence-corrected chi connectivity index (χ4v) is 3.69. The molecule has 1 aromatic carbocycles. The van der Waals surface area contributed by atoms with E-state index in [0.717, 1.165) is 0 Å². The maximum atomic E-state index is 13.4. The molecule has 1 saturated heterocycles. The van der Waals surface area contributed by atoms with Crippen LogP contribution in [0.2, 0.25) is 0 Å². The Bertz CT molecular complexity index is 906. The van der Waals surface area contributed by atoms with Gasteiger partial charge in [-0.3, -0.25) is 4.79 Å². The molecule has 154 valence electrons. The van der Waals surface area contributed by atoms with Gasteiger partial charge in [-0.25, -0.2) is 0 Å². The van der Waals surface area contributed by atoms with Crippen molar-refractivity contribution in [2.24, 2.45) is 0 Å². The van der Waals surface area contributed by atoms with Crippen molar-refractivity contribution < 1.29 is 31.1 Å². The average Bonchev–Trinajstić information content (AvgIpc) is 3.05. The van der Waals surface area contributed by atoms with Gasteiger partial charge in [0.2, 0.25) is 5.56 Å². The summed E-state index contributed by atoms with van der Waals surface area (Å²) in [5, 5.41) is -0.268. The highest BCUT2D eigenvalue weighted by Crippen LogP contribution is 2.38. The van der Waals surface area contributed by atoms with Gasteiger partial charge >= 0.3 is 12.4 Å². The monoisotopic (exact) mass is 408 g/mol. The van der Waals surface area contributed by atoms with E-state index in [-0.39, 0.29) is 36.2 Å². The van der Waals surface area contributed by atoms with Gasteiger partial charge < -0.3 is 14.6 Å². The van der Waals surface area contributed by atoms with Crippen LogP contribution in [0, 0.1) is 0 Å². The Labute approximate surface area is 156 Å². The first kappa shape index (κ1) is 20.5. The summed E-state index contributed by atoms with van der Waals surface area (Å²) < 4.78 is 85.2. The van der Waals surface area contributed by atoms with E-state index in [2.05, 4.69) is 4.98 Å². The molecular formula is C18H18F6N2O2. The summed E-state index contributed by atoms with van der Waals surface area (Å²) in [5.41, 5.74) is -1.83. The zero-order valence-corrected chi connectivity index (χ0v) is 14.8. The number of ether oxygens (including phenoxy) is 1. The standard InChI is InChI=1S/C18H18F6N2O2/c1-2-28-16(18(22,23)24)14-4-3-7-26(14)10-5-6-13-11(8-10)12(17(19,20)21)9-15(27)25-13/h5-6,8-9,14,16H,2-4,7H2,1H3,(H,25,27). The normalized spacial score (nSPS) is 19.4. The van der Waals surface area contributed by atoms with Gasteiger partial charge in [0, 0.05) is 35.8 Å². The molecule has 0 bridgehead atoms. The number of pyridine rings is 1. The second-order valence-corrected chi connectivity index (χ2v) is 6.60. The Kier molecular flexibility index (Phi) is 5.35. The molecule has 0 radical (unpaired) electrons. The lowest BCUT2D eigenvalue weighted by molar-refractivity contribution is -0.224. The maximum absolute atomic E-state index is 13.4. The number of rotatable bonds is 4. The zero-order chi connectivity index (χ0) is 20.7. The molecule has 1 fully saturated rings. The number of anilines is 1. The van der Waals surface area contributed by atoms with Gasteiger partial charge in [-0.05, 0) is 38.0 Å². The largest absolute Gasteiger partial charge is 0.417 e. The van der Waals surface area contributed by atoms with E-state index in [4.69, 9.17) is 4.74 Å². The molecule has 2 unspecified atom stereocenters. The number of aromatic amines is 1. The fourth-order valence-electron chi connectivity index (χ4n) is 3.69. The minimum Gasteiger partial charge on any atom is -0.367 e. The van der Waals surface area contributed by atoms with Crippen LogP contribution >= 0.6 is 0 Å². The van der Waals surface area contributed by atoms with Crippen LogP contribution in [-0.2, 0) is 10.9 Å². The number of hydrogen-bond donors (Lipinski definition) is 1. The molecule has 2 aromatic rings. The SMILES string of the molecule is CCOC(C1CCCN1c1ccc2[nH]c(=O)cc(C(F)(F)F)c2c1)C(F)(F)F. The minimum absolute atomic E-state index is 0.0310. The molecule has 0 amide bonds. The molecular weight excluding hydrogens is 390 g/mol. The highest BCUT2D eigenvalue weighted by Gasteiger charge is 2.49. The van der Waals surface area contributed by atoms with Crippen LogP contribution in [0.1, 0.15) is 25.3 Å². The molecule has 1 aliphatic heterocycles. The summed E-state index contributed by atoms with van der Waals surface area (Å²) in [6, 6.07) is 3.28. The lowest BCUT2D eigenvalue weighted by Crippen LogP contribution is -2.48. The molecule has 10 heteroatoms. The number of H-pyrrole nitrogens is 1. The quantitative estimate of drug-likeness (QED) is 0.759. The maximum Gasteiger partial charge on any atom is 0.417 e. The van der Waals surface area contributed by atoms with Gasteiger partial charge in [-0.15, -0.1) is 0 Å². The van der Waals surface area contributed by atoms with Crippen molar-refractivity contribution in [2.75, 3.05) is 18.1 Å². The second-order valence-electron chi connectivity index (χ2n) is 6.60. The predicted octanol–water partition coefficient (Wildman–Crippen LogP) is 4.48. The topological polar surface area (TPSA) is 45.3 Å². The molecule has 1 aliphatic rings. The molecule has 4 nitrogen and oxygen atoms in total. The van der Waals surface area contributed by atoms with Crippen LogP contribution in [-0.4, -0.2) is 36.5 Å². The zero-order valence-electron chi connectivity index (χ0n) is 14.8. The number of nitrogens with zero attached hydrogens (tertiary/aromatic N) is 1. The van der Waals surface area contributed by atoms with Gasteiger partial charge in [-0.2, -0.15) is 26.3 Å². The van der Waals surface area contributed by atoms with Crippen molar-refractivity contribution in [1.82, 2.24) is 4.98 Å². The minimum atomic E-state index is -4.77. The number of benzene rings is 1. The van der Waals surface area contributed by atoms with E-state index in [0.29, 0.717) is 12.5 Å². The number of fused-ring (bicyclic) bond motifs is 1.